The van der Waals surface area contributed by atoms with E-state index in [0.29, 0.717) is 5.56 Å². The number of aliphatic hydroxyl groups excluding tert-OH is 1. The lowest BCUT2D eigenvalue weighted by molar-refractivity contribution is -0.191. The molecular weight excluding hydrogens is 554 g/mol. The van der Waals surface area contributed by atoms with Crippen LogP contribution in [0.3, 0.4) is 0 Å². The van der Waals surface area contributed by atoms with E-state index in [1.807, 2.05) is 5.92 Å². The van der Waals surface area contributed by atoms with E-state index in [9.17, 15) is 34.8 Å². The first-order chi connectivity index (χ1) is 18.9. The van der Waals surface area contributed by atoms with Crippen molar-refractivity contribution in [2.75, 3.05) is 18.5 Å². The Morgan fingerprint density at radius 1 is 1.20 bits per heavy atom. The molecule has 3 aromatic rings. The Bertz CT molecular complexity index is 1480. The molecule has 1 aliphatic heterocycles. The summed E-state index contributed by atoms with van der Waals surface area (Å²) in [5.74, 6) is -2.83. The quantitative estimate of drug-likeness (QED) is 0.0985. The number of aromatic nitrogens is 4. The number of ether oxygens (including phenoxy) is 2. The lowest BCUT2D eigenvalue weighted by atomic mass is 9.92. The summed E-state index contributed by atoms with van der Waals surface area (Å²) in [4.78, 5) is 47.3. The Kier molecular flexibility index (Phi) is 7.91. The molecule has 1 aromatic carbocycles. The molecule has 40 heavy (non-hydrogen) atoms. The Morgan fingerprint density at radius 3 is 2.48 bits per heavy atom. The number of rotatable bonds is 11. The molecule has 0 amide bonds. The minimum Gasteiger partial charge on any atom is -0.480 e. The van der Waals surface area contributed by atoms with Gasteiger partial charge in [0.05, 0.1) is 12.9 Å². The number of carboxylic acid groups (broad SMARTS) is 3. The molecule has 15 nitrogen and oxygen atoms in total. The van der Waals surface area contributed by atoms with Crippen molar-refractivity contribution < 1.29 is 49.4 Å². The first-order valence-electron chi connectivity index (χ1n) is 11.5. The summed E-state index contributed by atoms with van der Waals surface area (Å²) in [5, 5.41) is 53.0. The van der Waals surface area contributed by atoms with Crippen LogP contribution in [-0.2, 0) is 30.3 Å². The van der Waals surface area contributed by atoms with Crippen molar-refractivity contribution in [1.82, 2.24) is 19.5 Å². The average molecular weight is 576 g/mol. The largest absolute Gasteiger partial charge is 0.480 e. The van der Waals surface area contributed by atoms with Crippen LogP contribution in [0.15, 0.2) is 36.7 Å². The van der Waals surface area contributed by atoms with Crippen molar-refractivity contribution in [3.05, 3.63) is 47.5 Å². The second kappa shape index (κ2) is 11.0. The highest BCUT2D eigenvalue weighted by atomic mass is 35.5. The minimum absolute atomic E-state index is 0.0348. The van der Waals surface area contributed by atoms with Gasteiger partial charge in [-0.05, 0) is 17.2 Å². The minimum atomic E-state index is -2.78. The summed E-state index contributed by atoms with van der Waals surface area (Å²) in [5.41, 5.74) is -4.90. The van der Waals surface area contributed by atoms with Crippen LogP contribution < -0.4 is 5.32 Å². The monoisotopic (exact) mass is 575 g/mol. The fraction of sp³-hybridized carbons (Fsp3) is 0.333. The van der Waals surface area contributed by atoms with Crippen molar-refractivity contribution in [2.45, 2.75) is 36.1 Å². The predicted octanol–water partition coefficient (Wildman–Crippen LogP) is -0.234. The van der Waals surface area contributed by atoms with Crippen molar-refractivity contribution in [3.8, 4) is 12.3 Å². The van der Waals surface area contributed by atoms with Crippen LogP contribution in [0, 0.1) is 12.3 Å². The second-order valence-electron chi connectivity index (χ2n) is 8.75. The van der Waals surface area contributed by atoms with Gasteiger partial charge in [0.1, 0.15) is 18.8 Å². The van der Waals surface area contributed by atoms with E-state index in [1.54, 1.807) is 18.2 Å². The Balaban J connectivity index is 1.65. The number of imidazole rings is 1. The molecule has 2 aromatic heterocycles. The maximum absolute atomic E-state index is 12.1. The van der Waals surface area contributed by atoms with Gasteiger partial charge < -0.3 is 40.3 Å². The number of nitrogens with zero attached hydrogens (tertiary/aromatic N) is 4. The maximum Gasteiger partial charge on any atom is 0.348 e. The molecule has 0 aliphatic carbocycles. The van der Waals surface area contributed by atoms with Crippen LogP contribution in [0.1, 0.15) is 11.8 Å². The van der Waals surface area contributed by atoms with Crippen LogP contribution in [0.2, 0.25) is 5.28 Å². The highest BCUT2D eigenvalue weighted by molar-refractivity contribution is 6.28. The second-order valence-corrected chi connectivity index (χ2v) is 9.09. The number of terminal acetylenes is 1. The van der Waals surface area contributed by atoms with Crippen molar-refractivity contribution in [1.29, 1.82) is 0 Å². The van der Waals surface area contributed by atoms with Gasteiger partial charge in [-0.1, -0.05) is 36.3 Å². The van der Waals surface area contributed by atoms with Crippen LogP contribution in [0.5, 0.6) is 0 Å². The molecular formula is C24H22ClN5O10. The molecule has 16 heteroatoms. The highest BCUT2D eigenvalue weighted by Gasteiger charge is 2.58. The topological polar surface area (TPSA) is 226 Å². The predicted molar refractivity (Wildman–Crippen MR) is 134 cm³/mol. The number of anilines is 1. The zero-order valence-electron chi connectivity index (χ0n) is 20.3. The van der Waals surface area contributed by atoms with E-state index in [-0.39, 0.29) is 22.3 Å². The summed E-state index contributed by atoms with van der Waals surface area (Å²) >= 11 is 5.98. The van der Waals surface area contributed by atoms with Crippen molar-refractivity contribution >= 4 is 46.5 Å². The number of hydrogen-bond acceptors (Lipinski definition) is 11. The first-order valence-corrected chi connectivity index (χ1v) is 11.8. The molecule has 0 bridgehead atoms. The van der Waals surface area contributed by atoms with Crippen molar-refractivity contribution in [2.24, 2.45) is 0 Å². The summed E-state index contributed by atoms with van der Waals surface area (Å²) in [7, 11) is 0. The van der Waals surface area contributed by atoms with Gasteiger partial charge in [0.25, 0.3) is 5.60 Å². The van der Waals surface area contributed by atoms with E-state index in [1.165, 1.54) is 12.1 Å². The standard InChI is InChI=1S/C24H22ClN5O10/c1-2-23(38)13(10-39-24(20(34)35,21(36)37)8-12-6-4-3-5-7-12)40-19(16(23)33)30-11-27-15-17(26-9-14(31)32)28-22(25)29-18(15)30/h1,3-7,11,13,16,19,33,38H,8-10H2,(H,31,32)(H,34,35)(H,36,37)(H,26,28,29)/t13-,16+,19-,23-/m1/s1. The normalized spacial score (nSPS) is 22.6. The molecule has 1 fully saturated rings. The molecule has 6 N–H and O–H groups in total. The molecule has 0 radical (unpaired) electrons. The van der Waals surface area contributed by atoms with Crippen LogP contribution in [0.4, 0.5) is 5.82 Å². The third kappa shape index (κ3) is 5.13. The summed E-state index contributed by atoms with van der Waals surface area (Å²) in [6, 6.07) is 7.89. The molecule has 4 atom stereocenters. The van der Waals surface area contributed by atoms with Gasteiger partial charge in [-0.25, -0.2) is 14.6 Å². The smallest absolute Gasteiger partial charge is 0.348 e. The summed E-state index contributed by atoms with van der Waals surface area (Å²) in [6.07, 6.45) is 1.10. The number of hydrogen-bond donors (Lipinski definition) is 6. The first kappa shape index (κ1) is 28.7. The van der Waals surface area contributed by atoms with Gasteiger partial charge in [0, 0.05) is 6.42 Å². The fourth-order valence-electron chi connectivity index (χ4n) is 4.19. The number of nitrogens with one attached hydrogen (secondary N) is 1. The number of carboxylic acids is 3. The van der Waals surface area contributed by atoms with E-state index >= 15 is 0 Å². The van der Waals surface area contributed by atoms with E-state index in [0.717, 1.165) is 10.9 Å². The highest BCUT2D eigenvalue weighted by Crippen LogP contribution is 2.39. The molecule has 1 saturated heterocycles. The van der Waals surface area contributed by atoms with Gasteiger partial charge in [-0.2, -0.15) is 9.97 Å². The van der Waals surface area contributed by atoms with E-state index in [4.69, 9.17) is 32.6 Å². The summed E-state index contributed by atoms with van der Waals surface area (Å²) in [6.45, 7) is -1.38. The molecule has 0 saturated carbocycles. The number of benzene rings is 1. The number of fused-ring (bicyclic) bond motifs is 1. The van der Waals surface area contributed by atoms with E-state index < -0.39 is 67.1 Å². The molecule has 210 valence electrons. The number of halogens is 1. The van der Waals surface area contributed by atoms with Gasteiger partial charge in [0.2, 0.25) is 5.28 Å². The van der Waals surface area contributed by atoms with Crippen LogP contribution in [-0.4, -0.2) is 99.5 Å². The number of aliphatic carboxylic acids is 3. The SMILES string of the molecule is C#C[C@@]1(O)[C@@H](COC(Cc2ccccc2)(C(=O)O)C(=O)O)O[C@@H](n2cnc3c(NCC(=O)O)nc(Cl)nc32)[C@@H]1O. The summed E-state index contributed by atoms with van der Waals surface area (Å²) < 4.78 is 12.3. The van der Waals surface area contributed by atoms with Gasteiger partial charge in [0.15, 0.2) is 28.8 Å². The Labute approximate surface area is 230 Å². The third-order valence-electron chi connectivity index (χ3n) is 6.29. The number of carbonyl (C=O) groups is 3. The van der Waals surface area contributed by atoms with Gasteiger partial charge in [-0.3, -0.25) is 9.36 Å². The molecule has 1 aliphatic rings. The lowest BCUT2D eigenvalue weighted by Crippen LogP contribution is -2.55. The Hall–Kier alpha value is -4.33. The molecule has 3 heterocycles. The van der Waals surface area contributed by atoms with Gasteiger partial charge >= 0.3 is 17.9 Å². The van der Waals surface area contributed by atoms with Gasteiger partial charge in [-0.15, -0.1) is 6.42 Å². The maximum atomic E-state index is 12.1. The zero-order valence-corrected chi connectivity index (χ0v) is 21.1. The van der Waals surface area contributed by atoms with Crippen LogP contribution >= 0.6 is 11.6 Å². The molecule has 0 unspecified atom stereocenters. The van der Waals surface area contributed by atoms with E-state index in [2.05, 4.69) is 20.3 Å². The fourth-order valence-corrected chi connectivity index (χ4v) is 4.36. The number of aliphatic hydroxyl groups is 2. The Morgan fingerprint density at radius 2 is 1.88 bits per heavy atom. The van der Waals surface area contributed by atoms with Crippen LogP contribution in [0.25, 0.3) is 11.2 Å². The third-order valence-corrected chi connectivity index (χ3v) is 6.46. The molecule has 0 spiro atoms. The lowest BCUT2D eigenvalue weighted by Gasteiger charge is -2.30. The zero-order chi connectivity index (χ0) is 29.2. The van der Waals surface area contributed by atoms with Crippen molar-refractivity contribution in [3.63, 3.8) is 0 Å². The molecule has 4 rings (SSSR count). The average Bonchev–Trinajstić information content (AvgIpc) is 3.44.